The molecule has 0 bridgehead atoms. The van der Waals surface area contributed by atoms with Crippen molar-refractivity contribution in [2.45, 2.75) is 4.90 Å². The lowest BCUT2D eigenvalue weighted by Gasteiger charge is -2.08. The molecule has 0 aliphatic carbocycles. The standard InChI is InChI=1S/C9H5Br2N5O2S/c10-7-1-6(19(14,17)18)2-8(11)9(7)16-15-5(3-12)4-13/h1-2,16H,(H2,14,17,18). The van der Waals surface area contributed by atoms with Crippen LogP contribution in [0.3, 0.4) is 0 Å². The van der Waals surface area contributed by atoms with Gasteiger partial charge in [0.05, 0.1) is 10.6 Å². The summed E-state index contributed by atoms with van der Waals surface area (Å²) in [6.07, 6.45) is 0. The van der Waals surface area contributed by atoms with Crippen molar-refractivity contribution in [3.8, 4) is 12.1 Å². The Morgan fingerprint density at radius 1 is 1.26 bits per heavy atom. The molecule has 0 saturated heterocycles. The van der Waals surface area contributed by atoms with Gasteiger partial charge in [0.25, 0.3) is 0 Å². The number of nitrogens with two attached hydrogens (primary N) is 1. The van der Waals surface area contributed by atoms with E-state index >= 15 is 0 Å². The fourth-order valence-electron chi connectivity index (χ4n) is 1.01. The van der Waals surface area contributed by atoms with Crippen LogP contribution in [0.1, 0.15) is 0 Å². The number of anilines is 1. The summed E-state index contributed by atoms with van der Waals surface area (Å²) in [4.78, 5) is -0.0958. The summed E-state index contributed by atoms with van der Waals surface area (Å²) in [5, 5.41) is 25.6. The maximum atomic E-state index is 11.2. The molecule has 1 rings (SSSR count). The molecule has 19 heavy (non-hydrogen) atoms. The molecule has 0 aromatic heterocycles. The molecule has 0 unspecified atom stereocenters. The molecule has 0 heterocycles. The summed E-state index contributed by atoms with van der Waals surface area (Å²) >= 11 is 6.27. The highest BCUT2D eigenvalue weighted by molar-refractivity contribution is 9.11. The Labute approximate surface area is 126 Å². The van der Waals surface area contributed by atoms with Crippen molar-refractivity contribution >= 4 is 53.3 Å². The first kappa shape index (κ1) is 15.6. The molecule has 1 aromatic carbocycles. The molecule has 1 aromatic rings. The third-order valence-electron chi connectivity index (χ3n) is 1.84. The quantitative estimate of drug-likeness (QED) is 0.581. The summed E-state index contributed by atoms with van der Waals surface area (Å²) in [6.45, 7) is 0. The van der Waals surface area contributed by atoms with Gasteiger partial charge in [-0.3, -0.25) is 5.43 Å². The van der Waals surface area contributed by atoms with E-state index < -0.39 is 10.0 Å². The van der Waals surface area contributed by atoms with E-state index in [9.17, 15) is 8.42 Å². The molecule has 98 valence electrons. The Morgan fingerprint density at radius 3 is 2.11 bits per heavy atom. The van der Waals surface area contributed by atoms with Crippen LogP contribution in [-0.4, -0.2) is 14.1 Å². The van der Waals surface area contributed by atoms with E-state index in [4.69, 9.17) is 15.7 Å². The largest absolute Gasteiger partial charge is 0.274 e. The Hall–Kier alpha value is -1.46. The number of nitrogens with zero attached hydrogens (tertiary/aromatic N) is 3. The number of sulfonamides is 1. The van der Waals surface area contributed by atoms with E-state index in [1.165, 1.54) is 12.1 Å². The Kier molecular flexibility index (Phi) is 5.03. The van der Waals surface area contributed by atoms with Crippen LogP contribution in [0.4, 0.5) is 5.69 Å². The van der Waals surface area contributed by atoms with Crippen LogP contribution in [-0.2, 0) is 10.0 Å². The van der Waals surface area contributed by atoms with Gasteiger partial charge in [0, 0.05) is 8.95 Å². The fraction of sp³-hybridized carbons (Fsp3) is 0. The van der Waals surface area contributed by atoms with Crippen molar-refractivity contribution in [2.24, 2.45) is 10.2 Å². The maximum absolute atomic E-state index is 11.2. The van der Waals surface area contributed by atoms with Crippen molar-refractivity contribution < 1.29 is 8.42 Å². The summed E-state index contributed by atoms with van der Waals surface area (Å²) in [7, 11) is -3.83. The second-order valence-electron chi connectivity index (χ2n) is 3.10. The molecule has 0 amide bonds. The van der Waals surface area contributed by atoms with Crippen molar-refractivity contribution in [1.29, 1.82) is 10.5 Å². The smallest absolute Gasteiger partial charge is 0.238 e. The lowest BCUT2D eigenvalue weighted by Crippen LogP contribution is -2.12. The van der Waals surface area contributed by atoms with Crippen molar-refractivity contribution in [2.75, 3.05) is 5.43 Å². The molecule has 10 heteroatoms. The molecule has 0 aliphatic rings. The zero-order chi connectivity index (χ0) is 14.6. The third-order valence-corrected chi connectivity index (χ3v) is 3.98. The lowest BCUT2D eigenvalue weighted by molar-refractivity contribution is 0.597. The highest BCUT2D eigenvalue weighted by atomic mass is 79.9. The predicted molar refractivity (Wildman–Crippen MR) is 75.5 cm³/mol. The van der Waals surface area contributed by atoms with Gasteiger partial charge in [0.15, 0.2) is 0 Å². The first-order valence-corrected chi connectivity index (χ1v) is 7.58. The molecular formula is C9H5Br2N5O2S. The van der Waals surface area contributed by atoms with Crippen molar-refractivity contribution in [3.05, 3.63) is 21.1 Å². The average Bonchev–Trinajstić information content (AvgIpc) is 2.31. The molecule has 0 spiro atoms. The number of primary sulfonamides is 1. The van der Waals surface area contributed by atoms with E-state index in [1.807, 2.05) is 0 Å². The van der Waals surface area contributed by atoms with E-state index in [0.717, 1.165) is 0 Å². The number of rotatable bonds is 3. The van der Waals surface area contributed by atoms with Crippen molar-refractivity contribution in [1.82, 2.24) is 0 Å². The van der Waals surface area contributed by atoms with Crippen molar-refractivity contribution in [3.63, 3.8) is 0 Å². The number of hydrogen-bond donors (Lipinski definition) is 2. The van der Waals surface area contributed by atoms with Gasteiger partial charge in [-0.1, -0.05) is 0 Å². The van der Waals surface area contributed by atoms with Gasteiger partial charge >= 0.3 is 0 Å². The monoisotopic (exact) mass is 405 g/mol. The zero-order valence-electron chi connectivity index (χ0n) is 9.05. The first-order chi connectivity index (χ1) is 8.79. The number of nitrogens with one attached hydrogen (secondary N) is 1. The summed E-state index contributed by atoms with van der Waals surface area (Å²) < 4.78 is 23.1. The van der Waals surface area contributed by atoms with Gasteiger partial charge < -0.3 is 0 Å². The second-order valence-corrected chi connectivity index (χ2v) is 6.37. The molecule has 0 aliphatic heterocycles. The van der Waals surface area contributed by atoms with E-state index in [1.54, 1.807) is 12.1 Å². The highest BCUT2D eigenvalue weighted by Crippen LogP contribution is 2.33. The van der Waals surface area contributed by atoms with Crippen LogP contribution in [0.2, 0.25) is 0 Å². The lowest BCUT2D eigenvalue weighted by atomic mass is 10.3. The van der Waals surface area contributed by atoms with Gasteiger partial charge in [-0.2, -0.15) is 15.6 Å². The van der Waals surface area contributed by atoms with Gasteiger partial charge in [0.1, 0.15) is 12.1 Å². The zero-order valence-corrected chi connectivity index (χ0v) is 13.0. The molecule has 3 N–H and O–H groups in total. The minimum Gasteiger partial charge on any atom is -0.274 e. The van der Waals surface area contributed by atoms with E-state index in [0.29, 0.717) is 14.6 Å². The summed E-state index contributed by atoms with van der Waals surface area (Å²) in [6, 6.07) is 5.70. The fourth-order valence-corrected chi connectivity index (χ4v) is 3.24. The minimum absolute atomic E-state index is 0.0958. The molecule has 0 fully saturated rings. The normalized spacial score (nSPS) is 10.2. The number of hydrazone groups is 1. The van der Waals surface area contributed by atoms with Crippen LogP contribution in [0.15, 0.2) is 31.1 Å². The number of nitriles is 2. The highest BCUT2D eigenvalue weighted by Gasteiger charge is 2.14. The molecular weight excluding hydrogens is 402 g/mol. The van der Waals surface area contributed by atoms with Gasteiger partial charge in [-0.05, 0) is 44.0 Å². The maximum Gasteiger partial charge on any atom is 0.238 e. The van der Waals surface area contributed by atoms with E-state index in [-0.39, 0.29) is 10.6 Å². The SMILES string of the molecule is N#CC(C#N)=NNc1c(Br)cc(S(N)(=O)=O)cc1Br. The van der Waals surface area contributed by atoms with Crippen LogP contribution in [0.5, 0.6) is 0 Å². The molecule has 0 saturated carbocycles. The van der Waals surface area contributed by atoms with Crippen LogP contribution in [0, 0.1) is 22.7 Å². The van der Waals surface area contributed by atoms with E-state index in [2.05, 4.69) is 42.4 Å². The van der Waals surface area contributed by atoms with Crippen LogP contribution >= 0.6 is 31.9 Å². The van der Waals surface area contributed by atoms with Gasteiger partial charge in [-0.25, -0.2) is 13.6 Å². The molecule has 0 radical (unpaired) electrons. The minimum atomic E-state index is -3.83. The first-order valence-electron chi connectivity index (χ1n) is 4.45. The third kappa shape index (κ3) is 4.01. The Bertz CT molecular complexity index is 691. The molecule has 0 atom stereocenters. The average molecular weight is 407 g/mol. The Morgan fingerprint density at radius 2 is 1.74 bits per heavy atom. The topological polar surface area (TPSA) is 132 Å². The van der Waals surface area contributed by atoms with Crippen LogP contribution in [0.25, 0.3) is 0 Å². The Balaban J connectivity index is 3.24. The molecule has 7 nitrogen and oxygen atoms in total. The van der Waals surface area contributed by atoms with Gasteiger partial charge in [-0.15, -0.1) is 0 Å². The number of hydrogen-bond acceptors (Lipinski definition) is 6. The number of benzene rings is 1. The number of halogens is 2. The second kappa shape index (κ2) is 6.12. The summed E-state index contributed by atoms with van der Waals surface area (Å²) in [5.41, 5.74) is 2.47. The van der Waals surface area contributed by atoms with Gasteiger partial charge in [0.2, 0.25) is 15.7 Å². The predicted octanol–water partition coefficient (Wildman–Crippen LogP) is 1.67. The van der Waals surface area contributed by atoms with Crippen LogP contribution < -0.4 is 10.6 Å². The summed E-state index contributed by atoms with van der Waals surface area (Å²) in [5.74, 6) is 0.